The molecule has 1 aliphatic heterocycles. The van der Waals surface area contributed by atoms with E-state index in [-0.39, 0.29) is 17.6 Å². The second-order valence-corrected chi connectivity index (χ2v) is 4.24. The number of amides is 2. The molecule has 1 rings (SSSR count). The van der Waals surface area contributed by atoms with E-state index in [4.69, 9.17) is 5.11 Å². The molecule has 2 unspecified atom stereocenters. The van der Waals surface area contributed by atoms with Crippen LogP contribution in [0.15, 0.2) is 0 Å². The van der Waals surface area contributed by atoms with Gasteiger partial charge in [0.1, 0.15) is 6.04 Å². The monoisotopic (exact) mass is 242 g/mol. The van der Waals surface area contributed by atoms with Gasteiger partial charge in [-0.05, 0) is 19.8 Å². The summed E-state index contributed by atoms with van der Waals surface area (Å²) in [6, 6.07) is -1.36. The fraction of sp³-hybridized carbons (Fsp3) is 0.727. The molecular weight excluding hydrogens is 224 g/mol. The highest BCUT2D eigenvalue weighted by molar-refractivity contribution is 5.92. The second kappa shape index (κ2) is 5.77. The number of carbonyl (C=O) groups is 3. The molecule has 0 saturated carbocycles. The first-order valence-electron chi connectivity index (χ1n) is 5.66. The van der Waals surface area contributed by atoms with Gasteiger partial charge in [-0.3, -0.25) is 14.4 Å². The first-order valence-corrected chi connectivity index (χ1v) is 5.66. The topological polar surface area (TPSA) is 86.7 Å². The molecule has 1 saturated heterocycles. The van der Waals surface area contributed by atoms with E-state index in [0.29, 0.717) is 13.0 Å². The lowest BCUT2D eigenvalue weighted by atomic mass is 10.1. The fourth-order valence-corrected chi connectivity index (χ4v) is 2.08. The molecule has 0 aliphatic carbocycles. The third kappa shape index (κ3) is 3.26. The maximum Gasteiger partial charge on any atom is 0.248 e. The van der Waals surface area contributed by atoms with Crippen molar-refractivity contribution in [2.24, 2.45) is 0 Å². The van der Waals surface area contributed by atoms with Gasteiger partial charge in [0.15, 0.2) is 5.78 Å². The number of aliphatic hydroxyl groups is 1. The first-order chi connectivity index (χ1) is 7.97. The SMILES string of the molecule is CC(=O)NC(CO)C(=O)N1CCCC1C(C)=O. The number of nitrogens with one attached hydrogen (secondary N) is 1. The highest BCUT2D eigenvalue weighted by Gasteiger charge is 2.35. The second-order valence-electron chi connectivity index (χ2n) is 4.24. The third-order valence-corrected chi connectivity index (χ3v) is 2.86. The Hall–Kier alpha value is -1.43. The van der Waals surface area contributed by atoms with Gasteiger partial charge in [-0.15, -0.1) is 0 Å². The molecule has 6 heteroatoms. The zero-order valence-electron chi connectivity index (χ0n) is 10.1. The average molecular weight is 242 g/mol. The molecule has 6 nitrogen and oxygen atoms in total. The molecule has 1 aliphatic rings. The highest BCUT2D eigenvalue weighted by Crippen LogP contribution is 2.18. The Morgan fingerprint density at radius 1 is 1.41 bits per heavy atom. The molecule has 96 valence electrons. The normalized spacial score (nSPS) is 21.1. The van der Waals surface area contributed by atoms with Crippen molar-refractivity contribution in [1.29, 1.82) is 0 Å². The van der Waals surface area contributed by atoms with Gasteiger partial charge in [-0.25, -0.2) is 0 Å². The van der Waals surface area contributed by atoms with Gasteiger partial charge >= 0.3 is 0 Å². The summed E-state index contributed by atoms with van der Waals surface area (Å²) < 4.78 is 0. The van der Waals surface area contributed by atoms with Crippen molar-refractivity contribution < 1.29 is 19.5 Å². The third-order valence-electron chi connectivity index (χ3n) is 2.86. The Labute approximate surface area is 100.0 Å². The number of Topliss-reactive ketones (excluding diaryl/α,β-unsaturated/α-hetero) is 1. The quantitative estimate of drug-likeness (QED) is 0.666. The Kier molecular flexibility index (Phi) is 4.62. The van der Waals surface area contributed by atoms with E-state index in [0.717, 1.165) is 6.42 Å². The van der Waals surface area contributed by atoms with E-state index in [2.05, 4.69) is 5.32 Å². The van der Waals surface area contributed by atoms with Crippen molar-refractivity contribution in [3.05, 3.63) is 0 Å². The van der Waals surface area contributed by atoms with E-state index >= 15 is 0 Å². The summed E-state index contributed by atoms with van der Waals surface area (Å²) in [5.74, 6) is -0.827. The molecule has 17 heavy (non-hydrogen) atoms. The van der Waals surface area contributed by atoms with Crippen molar-refractivity contribution >= 4 is 17.6 Å². The predicted molar refractivity (Wildman–Crippen MR) is 60.1 cm³/mol. The van der Waals surface area contributed by atoms with Crippen molar-refractivity contribution in [2.75, 3.05) is 13.2 Å². The minimum atomic E-state index is -0.951. The zero-order chi connectivity index (χ0) is 13.0. The Morgan fingerprint density at radius 2 is 2.06 bits per heavy atom. The molecule has 0 radical (unpaired) electrons. The van der Waals surface area contributed by atoms with E-state index < -0.39 is 18.7 Å². The van der Waals surface area contributed by atoms with Gasteiger partial charge in [0.2, 0.25) is 11.8 Å². The number of aliphatic hydroxyl groups excluding tert-OH is 1. The first kappa shape index (κ1) is 13.6. The molecule has 0 aromatic rings. The molecule has 0 bridgehead atoms. The molecule has 2 atom stereocenters. The summed E-state index contributed by atoms with van der Waals surface area (Å²) in [4.78, 5) is 35.7. The molecule has 0 spiro atoms. The number of hydrogen-bond donors (Lipinski definition) is 2. The van der Waals surface area contributed by atoms with Gasteiger partial charge in [-0.2, -0.15) is 0 Å². The van der Waals surface area contributed by atoms with Crippen molar-refractivity contribution in [1.82, 2.24) is 10.2 Å². The summed E-state index contributed by atoms with van der Waals surface area (Å²) in [7, 11) is 0. The van der Waals surface area contributed by atoms with E-state index in [1.165, 1.54) is 18.7 Å². The van der Waals surface area contributed by atoms with Crippen molar-refractivity contribution in [3.8, 4) is 0 Å². The van der Waals surface area contributed by atoms with Crippen molar-refractivity contribution in [3.63, 3.8) is 0 Å². The number of nitrogens with zero attached hydrogens (tertiary/aromatic N) is 1. The summed E-state index contributed by atoms with van der Waals surface area (Å²) >= 11 is 0. The minimum absolute atomic E-state index is 0.0598. The number of hydrogen-bond acceptors (Lipinski definition) is 4. The number of rotatable bonds is 4. The molecule has 2 amide bonds. The summed E-state index contributed by atoms with van der Waals surface area (Å²) in [5.41, 5.74) is 0. The summed E-state index contributed by atoms with van der Waals surface area (Å²) in [6.07, 6.45) is 1.42. The largest absolute Gasteiger partial charge is 0.394 e. The van der Waals surface area contributed by atoms with Gasteiger partial charge in [0, 0.05) is 13.5 Å². The standard InChI is InChI=1S/C11H18N2O4/c1-7(15)10-4-3-5-13(10)11(17)9(6-14)12-8(2)16/h9-10,14H,3-6H2,1-2H3,(H,12,16). The van der Waals surface area contributed by atoms with Crippen LogP contribution in [-0.4, -0.2) is 52.8 Å². The molecule has 1 heterocycles. The maximum atomic E-state index is 12.0. The van der Waals surface area contributed by atoms with Crippen LogP contribution >= 0.6 is 0 Å². The van der Waals surface area contributed by atoms with E-state index in [1.807, 2.05) is 0 Å². The van der Waals surface area contributed by atoms with Crippen LogP contribution in [0.4, 0.5) is 0 Å². The van der Waals surface area contributed by atoms with Crippen molar-refractivity contribution in [2.45, 2.75) is 38.8 Å². The van der Waals surface area contributed by atoms with Gasteiger partial charge < -0.3 is 15.3 Å². The van der Waals surface area contributed by atoms with Gasteiger partial charge in [0.25, 0.3) is 0 Å². The number of carbonyl (C=O) groups excluding carboxylic acids is 3. The van der Waals surface area contributed by atoms with Crippen LogP contribution in [0.1, 0.15) is 26.7 Å². The predicted octanol–water partition coefficient (Wildman–Crippen LogP) is -0.937. The van der Waals surface area contributed by atoms with Crippen LogP contribution in [0.25, 0.3) is 0 Å². The molecular formula is C11H18N2O4. The maximum absolute atomic E-state index is 12.0. The molecule has 0 aromatic heterocycles. The Bertz CT molecular complexity index is 329. The van der Waals surface area contributed by atoms with Crippen LogP contribution in [0.2, 0.25) is 0 Å². The van der Waals surface area contributed by atoms with Gasteiger partial charge in [0.05, 0.1) is 12.6 Å². The lowest BCUT2D eigenvalue weighted by Crippen LogP contribution is -2.52. The average Bonchev–Trinajstić information content (AvgIpc) is 2.73. The van der Waals surface area contributed by atoms with Crippen LogP contribution in [0.5, 0.6) is 0 Å². The van der Waals surface area contributed by atoms with Crippen LogP contribution in [0.3, 0.4) is 0 Å². The van der Waals surface area contributed by atoms with E-state index in [1.54, 1.807) is 0 Å². The van der Waals surface area contributed by atoms with Crippen LogP contribution < -0.4 is 5.32 Å². The number of likely N-dealkylation sites (tertiary alicyclic amines) is 1. The van der Waals surface area contributed by atoms with E-state index in [9.17, 15) is 14.4 Å². The smallest absolute Gasteiger partial charge is 0.248 e. The minimum Gasteiger partial charge on any atom is -0.394 e. The van der Waals surface area contributed by atoms with Crippen LogP contribution in [-0.2, 0) is 14.4 Å². The Morgan fingerprint density at radius 3 is 2.53 bits per heavy atom. The molecule has 1 fully saturated rings. The Balaban J connectivity index is 2.73. The van der Waals surface area contributed by atoms with Gasteiger partial charge in [-0.1, -0.05) is 0 Å². The fourth-order valence-electron chi connectivity index (χ4n) is 2.08. The lowest BCUT2D eigenvalue weighted by molar-refractivity contribution is -0.141. The lowest BCUT2D eigenvalue weighted by Gasteiger charge is -2.26. The summed E-state index contributed by atoms with van der Waals surface area (Å²) in [5, 5.41) is 11.5. The molecule has 2 N–H and O–H groups in total. The number of ketones is 1. The zero-order valence-corrected chi connectivity index (χ0v) is 10.1. The van der Waals surface area contributed by atoms with Crippen LogP contribution in [0, 0.1) is 0 Å². The highest BCUT2D eigenvalue weighted by atomic mass is 16.3. The molecule has 0 aromatic carbocycles. The summed E-state index contributed by atoms with van der Waals surface area (Å²) in [6.45, 7) is 2.77.